The SMILES string of the molecule is O=C[C@H]1NC[C@H]2[C@@H]1C2(F)F. The molecule has 2 aliphatic rings. The number of halogens is 2. The third kappa shape index (κ3) is 0.526. The summed E-state index contributed by atoms with van der Waals surface area (Å²) in [5, 5.41) is 2.71. The fourth-order valence-corrected chi connectivity index (χ4v) is 1.69. The maximum atomic E-state index is 12.5. The molecule has 0 unspecified atom stereocenters. The largest absolute Gasteiger partial charge is 0.307 e. The van der Waals surface area contributed by atoms with E-state index in [1.54, 1.807) is 0 Å². The maximum absolute atomic E-state index is 12.5. The normalized spacial score (nSPS) is 48.4. The molecule has 0 bridgehead atoms. The molecule has 1 N–H and O–H groups in total. The number of carbonyl (C=O) groups is 1. The van der Waals surface area contributed by atoms with Gasteiger partial charge in [0.25, 0.3) is 5.92 Å². The van der Waals surface area contributed by atoms with Crippen molar-refractivity contribution in [1.82, 2.24) is 5.32 Å². The van der Waals surface area contributed by atoms with Crippen LogP contribution in [0.3, 0.4) is 0 Å². The molecule has 1 aliphatic carbocycles. The fourth-order valence-electron chi connectivity index (χ4n) is 1.69. The lowest BCUT2D eigenvalue weighted by Crippen LogP contribution is -2.32. The minimum Gasteiger partial charge on any atom is -0.307 e. The van der Waals surface area contributed by atoms with E-state index < -0.39 is 23.8 Å². The second kappa shape index (κ2) is 1.56. The monoisotopic (exact) mass is 147 g/mol. The first kappa shape index (κ1) is 6.22. The van der Waals surface area contributed by atoms with E-state index in [4.69, 9.17) is 0 Å². The molecule has 2 nitrogen and oxygen atoms in total. The van der Waals surface area contributed by atoms with Crippen molar-refractivity contribution in [3.8, 4) is 0 Å². The molecule has 10 heavy (non-hydrogen) atoms. The minimum absolute atomic E-state index is 0.293. The van der Waals surface area contributed by atoms with Crippen LogP contribution >= 0.6 is 0 Å². The van der Waals surface area contributed by atoms with Crippen LogP contribution < -0.4 is 5.32 Å². The van der Waals surface area contributed by atoms with Gasteiger partial charge in [-0.05, 0) is 0 Å². The Hall–Kier alpha value is -0.510. The zero-order valence-electron chi connectivity index (χ0n) is 5.18. The smallest absolute Gasteiger partial charge is 0.257 e. The van der Waals surface area contributed by atoms with Crippen molar-refractivity contribution >= 4 is 6.29 Å². The molecular formula is C6H7F2NO. The molecule has 1 heterocycles. The molecule has 0 amide bonds. The summed E-state index contributed by atoms with van der Waals surface area (Å²) in [5.74, 6) is -3.83. The number of nitrogens with one attached hydrogen (secondary N) is 1. The van der Waals surface area contributed by atoms with Crippen molar-refractivity contribution in [3.05, 3.63) is 0 Å². The summed E-state index contributed by atoms with van der Waals surface area (Å²) in [6.07, 6.45) is 0.575. The lowest BCUT2D eigenvalue weighted by atomic mass is 10.2. The lowest BCUT2D eigenvalue weighted by Gasteiger charge is -2.07. The van der Waals surface area contributed by atoms with Gasteiger partial charge in [-0.1, -0.05) is 0 Å². The van der Waals surface area contributed by atoms with Gasteiger partial charge >= 0.3 is 0 Å². The van der Waals surface area contributed by atoms with Crippen LogP contribution in [0.5, 0.6) is 0 Å². The summed E-state index contributed by atoms with van der Waals surface area (Å²) in [5.41, 5.74) is 0. The van der Waals surface area contributed by atoms with E-state index in [0.717, 1.165) is 0 Å². The summed E-state index contributed by atoms with van der Waals surface area (Å²) in [7, 11) is 0. The average molecular weight is 147 g/mol. The Labute approximate surface area is 56.6 Å². The standard InChI is InChI=1S/C6H7F2NO/c7-6(8)3-1-9-4(2-10)5(3)6/h2-5,9H,1H2/t3-,4+,5-/m0/s1. The molecule has 3 atom stereocenters. The van der Waals surface area contributed by atoms with E-state index in [-0.39, 0.29) is 0 Å². The number of alkyl halides is 2. The van der Waals surface area contributed by atoms with Crippen molar-refractivity contribution in [2.24, 2.45) is 11.8 Å². The Morgan fingerprint density at radius 3 is 2.60 bits per heavy atom. The number of aldehydes is 1. The third-order valence-corrected chi connectivity index (χ3v) is 2.37. The Morgan fingerprint density at radius 2 is 2.30 bits per heavy atom. The number of hydrogen-bond donors (Lipinski definition) is 1. The van der Waals surface area contributed by atoms with Crippen molar-refractivity contribution in [2.75, 3.05) is 6.54 Å². The molecule has 0 aromatic carbocycles. The number of hydrogen-bond acceptors (Lipinski definition) is 2. The van der Waals surface area contributed by atoms with Crippen LogP contribution in [0.15, 0.2) is 0 Å². The third-order valence-electron chi connectivity index (χ3n) is 2.37. The maximum Gasteiger partial charge on any atom is 0.257 e. The summed E-state index contributed by atoms with van der Waals surface area (Å²) in [6, 6.07) is -0.597. The van der Waals surface area contributed by atoms with Gasteiger partial charge in [0.2, 0.25) is 0 Å². The molecule has 0 radical (unpaired) electrons. The highest BCUT2D eigenvalue weighted by molar-refractivity contribution is 5.61. The predicted octanol–water partition coefficient (Wildman–Crippen LogP) is 0.0384. The van der Waals surface area contributed by atoms with Gasteiger partial charge in [0.15, 0.2) is 0 Å². The number of rotatable bonds is 1. The molecule has 0 spiro atoms. The van der Waals surface area contributed by atoms with Crippen molar-refractivity contribution in [3.63, 3.8) is 0 Å². The van der Waals surface area contributed by atoms with Crippen LogP contribution in [0.1, 0.15) is 0 Å². The molecule has 0 aromatic heterocycles. The first-order valence-electron chi connectivity index (χ1n) is 3.24. The summed E-state index contributed by atoms with van der Waals surface area (Å²) < 4.78 is 25.0. The van der Waals surface area contributed by atoms with E-state index in [1.165, 1.54) is 0 Å². The van der Waals surface area contributed by atoms with Gasteiger partial charge in [-0.3, -0.25) is 0 Å². The van der Waals surface area contributed by atoms with Gasteiger partial charge in [-0.2, -0.15) is 0 Å². The average Bonchev–Trinajstić information content (AvgIpc) is 2.28. The second-order valence-corrected chi connectivity index (χ2v) is 2.88. The molecule has 4 heteroatoms. The highest BCUT2D eigenvalue weighted by atomic mass is 19.3. The van der Waals surface area contributed by atoms with E-state index in [1.807, 2.05) is 0 Å². The second-order valence-electron chi connectivity index (χ2n) is 2.88. The Bertz CT molecular complexity index is 183. The Kier molecular flexibility index (Phi) is 0.968. The topological polar surface area (TPSA) is 29.1 Å². The van der Waals surface area contributed by atoms with Gasteiger partial charge in [0.1, 0.15) is 6.29 Å². The zero-order chi connectivity index (χ0) is 7.35. The van der Waals surface area contributed by atoms with Crippen LogP contribution in [0, 0.1) is 11.8 Å². The summed E-state index contributed by atoms with van der Waals surface area (Å²) in [6.45, 7) is 0.293. The molecule has 1 saturated heterocycles. The summed E-state index contributed by atoms with van der Waals surface area (Å²) >= 11 is 0. The van der Waals surface area contributed by atoms with Crippen molar-refractivity contribution in [1.29, 1.82) is 0 Å². The highest BCUT2D eigenvalue weighted by Crippen LogP contribution is 2.58. The molecule has 2 fully saturated rings. The van der Waals surface area contributed by atoms with Gasteiger partial charge in [-0.15, -0.1) is 0 Å². The number of fused-ring (bicyclic) bond motifs is 1. The number of piperidine rings is 1. The fraction of sp³-hybridized carbons (Fsp3) is 0.833. The van der Waals surface area contributed by atoms with Crippen molar-refractivity contribution < 1.29 is 13.6 Å². The van der Waals surface area contributed by atoms with Gasteiger partial charge < -0.3 is 10.1 Å². The van der Waals surface area contributed by atoms with Gasteiger partial charge in [0.05, 0.1) is 12.0 Å². The van der Waals surface area contributed by atoms with Crippen LogP contribution in [0.4, 0.5) is 8.78 Å². The van der Waals surface area contributed by atoms with E-state index in [0.29, 0.717) is 12.8 Å². The van der Waals surface area contributed by atoms with E-state index in [2.05, 4.69) is 5.32 Å². The van der Waals surface area contributed by atoms with Crippen LogP contribution in [0.2, 0.25) is 0 Å². The predicted molar refractivity (Wildman–Crippen MR) is 29.8 cm³/mol. The summed E-state index contributed by atoms with van der Waals surface area (Å²) in [4.78, 5) is 10.1. The first-order valence-corrected chi connectivity index (χ1v) is 3.24. The van der Waals surface area contributed by atoms with Gasteiger partial charge in [0, 0.05) is 12.5 Å². The van der Waals surface area contributed by atoms with E-state index in [9.17, 15) is 13.6 Å². The lowest BCUT2D eigenvalue weighted by molar-refractivity contribution is -0.110. The molecule has 2 rings (SSSR count). The molecule has 1 aliphatic heterocycles. The quantitative estimate of drug-likeness (QED) is 0.530. The van der Waals surface area contributed by atoms with Crippen LogP contribution in [-0.2, 0) is 4.79 Å². The van der Waals surface area contributed by atoms with E-state index >= 15 is 0 Å². The number of carbonyl (C=O) groups excluding carboxylic acids is 1. The first-order chi connectivity index (χ1) is 4.68. The molecular weight excluding hydrogens is 140 g/mol. The Morgan fingerprint density at radius 1 is 1.60 bits per heavy atom. The van der Waals surface area contributed by atoms with Gasteiger partial charge in [-0.25, -0.2) is 8.78 Å². The minimum atomic E-state index is -2.56. The highest BCUT2D eigenvalue weighted by Gasteiger charge is 2.73. The molecule has 0 aromatic rings. The van der Waals surface area contributed by atoms with Crippen LogP contribution in [0.25, 0.3) is 0 Å². The molecule has 1 saturated carbocycles. The Balaban J connectivity index is 2.13. The molecule has 56 valence electrons. The van der Waals surface area contributed by atoms with Crippen LogP contribution in [-0.4, -0.2) is 24.8 Å². The van der Waals surface area contributed by atoms with Crippen molar-refractivity contribution in [2.45, 2.75) is 12.0 Å². The zero-order valence-corrected chi connectivity index (χ0v) is 5.18.